The summed E-state index contributed by atoms with van der Waals surface area (Å²) in [5.41, 5.74) is 6.11. The van der Waals surface area contributed by atoms with Crippen LogP contribution in [0, 0.1) is 11.3 Å². The second kappa shape index (κ2) is 21.2. The summed E-state index contributed by atoms with van der Waals surface area (Å²) in [6.45, 7) is 3.60. The maximum absolute atomic E-state index is 9.52. The summed E-state index contributed by atoms with van der Waals surface area (Å²) in [5.74, 6) is 1.65. The summed E-state index contributed by atoms with van der Waals surface area (Å²) >= 11 is 13.7. The van der Waals surface area contributed by atoms with Crippen LogP contribution in [-0.4, -0.2) is 71.5 Å². The Labute approximate surface area is 318 Å². The van der Waals surface area contributed by atoms with Crippen molar-refractivity contribution in [1.82, 2.24) is 15.6 Å². The highest BCUT2D eigenvalue weighted by molar-refractivity contribution is 6.35. The number of hydrogen-bond acceptors (Lipinski definition) is 12. The Bertz CT molecular complexity index is 1880. The number of aliphatic hydroxyl groups excluding tert-OH is 3. The van der Waals surface area contributed by atoms with Crippen molar-refractivity contribution >= 4 is 29.4 Å². The lowest BCUT2D eigenvalue weighted by atomic mass is 9.96. The van der Waals surface area contributed by atoms with Gasteiger partial charge in [0.25, 0.3) is 0 Å². The molecular weight excluding hydrogens is 723 g/mol. The van der Waals surface area contributed by atoms with E-state index in [0.29, 0.717) is 65.5 Å². The van der Waals surface area contributed by atoms with E-state index in [-0.39, 0.29) is 38.1 Å². The summed E-state index contributed by atoms with van der Waals surface area (Å²) in [5, 5.41) is 44.5. The van der Waals surface area contributed by atoms with Gasteiger partial charge < -0.3 is 40.2 Å². The summed E-state index contributed by atoms with van der Waals surface area (Å²) in [6.07, 6.45) is 4.62. The van der Waals surface area contributed by atoms with Crippen molar-refractivity contribution in [3.8, 4) is 34.4 Å². The summed E-state index contributed by atoms with van der Waals surface area (Å²) in [6, 6.07) is 19.2. The number of hydrogen-bond donors (Lipinski definition) is 5. The SMILES string of the molecule is C[C@H](CO)NCc1cc(Cl)c(OC2CCc3c(-c4cccc(OCCCNC[C@H](O)CO)c4Cl)cccc32)cc1OCc1cncc(C#N)c1.O=C=O. The first kappa shape index (κ1) is 41.2. The number of carbonyl (C=O) groups excluding carboxylic acids is 2. The minimum Gasteiger partial charge on any atom is -0.492 e. The molecule has 0 radical (unpaired) electrons. The predicted molar refractivity (Wildman–Crippen MR) is 198 cm³/mol. The van der Waals surface area contributed by atoms with Crippen molar-refractivity contribution in [2.75, 3.05) is 32.9 Å². The Kier molecular flexibility index (Phi) is 16.5. The summed E-state index contributed by atoms with van der Waals surface area (Å²) in [7, 11) is 0. The highest BCUT2D eigenvalue weighted by Gasteiger charge is 2.28. The normalized spacial score (nSPS) is 14.2. The van der Waals surface area contributed by atoms with Gasteiger partial charge in [0.05, 0.1) is 41.5 Å². The molecule has 1 aliphatic carbocycles. The van der Waals surface area contributed by atoms with Crippen LogP contribution in [0.25, 0.3) is 11.1 Å². The zero-order valence-electron chi connectivity index (χ0n) is 29.2. The quantitative estimate of drug-likeness (QED) is 0.0840. The van der Waals surface area contributed by atoms with E-state index in [1.54, 1.807) is 18.3 Å². The van der Waals surface area contributed by atoms with Crippen molar-refractivity contribution in [2.24, 2.45) is 0 Å². The maximum Gasteiger partial charge on any atom is 0.373 e. The lowest BCUT2D eigenvalue weighted by Crippen LogP contribution is -2.30. The average Bonchev–Trinajstić information content (AvgIpc) is 3.59. The van der Waals surface area contributed by atoms with Crippen LogP contribution < -0.4 is 24.8 Å². The molecule has 1 unspecified atom stereocenters. The molecule has 280 valence electrons. The van der Waals surface area contributed by atoms with E-state index < -0.39 is 6.10 Å². The number of fused-ring (bicyclic) bond motifs is 1. The molecule has 4 aromatic rings. The molecule has 0 fully saturated rings. The molecule has 0 saturated carbocycles. The number of nitriles is 1. The van der Waals surface area contributed by atoms with Crippen molar-refractivity contribution in [3.05, 3.63) is 105 Å². The van der Waals surface area contributed by atoms with E-state index in [9.17, 15) is 15.5 Å². The first-order valence-corrected chi connectivity index (χ1v) is 17.8. The molecule has 1 aliphatic rings. The molecule has 14 heteroatoms. The minimum atomic E-state index is -0.777. The zero-order chi connectivity index (χ0) is 38.2. The van der Waals surface area contributed by atoms with E-state index in [4.69, 9.17) is 52.1 Å². The van der Waals surface area contributed by atoms with Gasteiger partial charge in [-0.2, -0.15) is 14.9 Å². The Morgan fingerprint density at radius 3 is 2.53 bits per heavy atom. The maximum atomic E-state index is 9.52. The minimum absolute atomic E-state index is 0.0136. The van der Waals surface area contributed by atoms with Crippen LogP contribution in [0.2, 0.25) is 10.0 Å². The lowest BCUT2D eigenvalue weighted by molar-refractivity contribution is -0.191. The van der Waals surface area contributed by atoms with Gasteiger partial charge in [0.1, 0.15) is 36.0 Å². The molecule has 12 nitrogen and oxygen atoms in total. The van der Waals surface area contributed by atoms with Crippen LogP contribution in [0.1, 0.15) is 53.7 Å². The molecule has 5 rings (SSSR count). The van der Waals surface area contributed by atoms with Gasteiger partial charge in [-0.05, 0) is 67.6 Å². The second-order valence-corrected chi connectivity index (χ2v) is 13.1. The Balaban J connectivity index is 0.00000202. The van der Waals surface area contributed by atoms with Crippen LogP contribution in [0.3, 0.4) is 0 Å². The largest absolute Gasteiger partial charge is 0.492 e. The van der Waals surface area contributed by atoms with Gasteiger partial charge in [0.15, 0.2) is 0 Å². The topological polar surface area (TPSA) is 183 Å². The molecular formula is C39H42Cl2N4O8. The first-order chi connectivity index (χ1) is 25.7. The summed E-state index contributed by atoms with van der Waals surface area (Å²) < 4.78 is 18.8. The molecule has 1 aromatic heterocycles. The molecule has 0 amide bonds. The first-order valence-electron chi connectivity index (χ1n) is 17.0. The van der Waals surface area contributed by atoms with Crippen LogP contribution in [0.5, 0.6) is 17.2 Å². The van der Waals surface area contributed by atoms with E-state index in [2.05, 4.69) is 33.8 Å². The van der Waals surface area contributed by atoms with Gasteiger partial charge in [0.2, 0.25) is 0 Å². The number of halogens is 2. The molecule has 1 heterocycles. The number of aliphatic hydroxyl groups is 3. The molecule has 0 bridgehead atoms. The van der Waals surface area contributed by atoms with Crippen molar-refractivity contribution < 1.29 is 39.1 Å². The standard InChI is InChI=1S/C38H42Cl2N4O6.CO2/c1-24(21-45)44-19-27-14-33(39)37(15-36(27)49-23-26-13-25(16-41)17-43-18-26)50-34-10-9-30-29(5-2-6-31(30)34)32-7-3-8-35(38(32)40)48-12-4-11-42-20-28(47)22-46;2-1-3/h2-3,5-8,13-15,17-18,24,28,34,42,44-47H,4,9-12,19-23H2,1H3;/t24-,28+,34?;/m1./s1. The van der Waals surface area contributed by atoms with Crippen LogP contribution in [0.15, 0.2) is 67.0 Å². The molecule has 3 atom stereocenters. The number of rotatable bonds is 18. The Hall–Kier alpha value is -4.54. The van der Waals surface area contributed by atoms with Crippen molar-refractivity contribution in [2.45, 2.75) is 57.6 Å². The predicted octanol–water partition coefficient (Wildman–Crippen LogP) is 5.17. The number of benzene rings is 3. The number of ether oxygens (including phenoxy) is 3. The fraction of sp³-hybridized carbons (Fsp3) is 0.359. The molecule has 0 saturated heterocycles. The van der Waals surface area contributed by atoms with Gasteiger partial charge in [0, 0.05) is 54.3 Å². The van der Waals surface area contributed by atoms with Gasteiger partial charge in [-0.1, -0.05) is 53.5 Å². The third-order valence-electron chi connectivity index (χ3n) is 8.43. The van der Waals surface area contributed by atoms with Crippen molar-refractivity contribution in [3.63, 3.8) is 0 Å². The monoisotopic (exact) mass is 764 g/mol. The summed E-state index contributed by atoms with van der Waals surface area (Å²) in [4.78, 5) is 20.4. The van der Waals surface area contributed by atoms with Crippen LogP contribution in [-0.2, 0) is 29.2 Å². The lowest BCUT2D eigenvalue weighted by Gasteiger charge is -2.20. The average molecular weight is 766 g/mol. The van der Waals surface area contributed by atoms with E-state index in [1.807, 2.05) is 37.3 Å². The van der Waals surface area contributed by atoms with Gasteiger partial charge in [-0.3, -0.25) is 4.98 Å². The van der Waals surface area contributed by atoms with Gasteiger partial charge >= 0.3 is 6.15 Å². The molecule has 0 aliphatic heterocycles. The number of aromatic nitrogens is 1. The third kappa shape index (κ3) is 11.7. The highest BCUT2D eigenvalue weighted by Crippen LogP contribution is 2.45. The van der Waals surface area contributed by atoms with Crippen molar-refractivity contribution in [1.29, 1.82) is 5.26 Å². The highest BCUT2D eigenvalue weighted by atomic mass is 35.5. The third-order valence-corrected chi connectivity index (χ3v) is 9.12. The molecule has 0 spiro atoms. The van der Waals surface area contributed by atoms with E-state index in [1.165, 1.54) is 6.20 Å². The Morgan fingerprint density at radius 1 is 1.00 bits per heavy atom. The van der Waals surface area contributed by atoms with Crippen LogP contribution in [0.4, 0.5) is 0 Å². The van der Waals surface area contributed by atoms with E-state index >= 15 is 0 Å². The second-order valence-electron chi connectivity index (χ2n) is 12.3. The fourth-order valence-electron chi connectivity index (χ4n) is 5.76. The van der Waals surface area contributed by atoms with Crippen LogP contribution >= 0.6 is 23.2 Å². The Morgan fingerprint density at radius 2 is 1.77 bits per heavy atom. The molecule has 53 heavy (non-hydrogen) atoms. The molecule has 5 N–H and O–H groups in total. The number of nitrogens with one attached hydrogen (secondary N) is 2. The van der Waals surface area contributed by atoms with E-state index in [0.717, 1.165) is 46.2 Å². The number of pyridine rings is 1. The molecule has 3 aromatic carbocycles. The van der Waals surface area contributed by atoms with Gasteiger partial charge in [-0.15, -0.1) is 0 Å². The zero-order valence-corrected chi connectivity index (χ0v) is 30.7. The fourth-order valence-corrected chi connectivity index (χ4v) is 6.28. The van der Waals surface area contributed by atoms with Gasteiger partial charge in [-0.25, -0.2) is 0 Å². The smallest absolute Gasteiger partial charge is 0.373 e. The number of nitrogens with zero attached hydrogens (tertiary/aromatic N) is 2.